The van der Waals surface area contributed by atoms with Crippen molar-refractivity contribution in [3.05, 3.63) is 215 Å². The van der Waals surface area contributed by atoms with E-state index in [4.69, 9.17) is 9.40 Å². The maximum Gasteiger partial charge on any atom is 0.227 e. The zero-order valence-corrected chi connectivity index (χ0v) is 31.1. The second kappa shape index (κ2) is 11.3. The highest BCUT2D eigenvalue weighted by atomic mass is 16.3. The molecule has 56 heavy (non-hydrogen) atoms. The summed E-state index contributed by atoms with van der Waals surface area (Å²) in [6.07, 6.45) is 0. The molecule has 8 aromatic carbocycles. The van der Waals surface area contributed by atoms with Crippen LogP contribution in [-0.2, 0) is 10.8 Å². The topological polar surface area (TPSA) is 29.3 Å². The molecule has 0 saturated carbocycles. The van der Waals surface area contributed by atoms with Gasteiger partial charge < -0.3 is 9.32 Å². The molecule has 0 amide bonds. The van der Waals surface area contributed by atoms with E-state index in [9.17, 15) is 0 Å². The normalized spacial score (nSPS) is 14.5. The number of oxazole rings is 1. The van der Waals surface area contributed by atoms with Crippen molar-refractivity contribution in [1.29, 1.82) is 0 Å². The van der Waals surface area contributed by atoms with Gasteiger partial charge in [0.2, 0.25) is 5.89 Å². The van der Waals surface area contributed by atoms with Gasteiger partial charge in [0.1, 0.15) is 5.52 Å². The number of anilines is 3. The summed E-state index contributed by atoms with van der Waals surface area (Å²) in [5, 5.41) is 0. The molecule has 1 aromatic heterocycles. The van der Waals surface area contributed by atoms with Gasteiger partial charge in [-0.1, -0.05) is 141 Å². The molecule has 0 fully saturated rings. The molecule has 12 rings (SSSR count). The smallest absolute Gasteiger partial charge is 0.227 e. The third-order valence-electron chi connectivity index (χ3n) is 12.7. The molecule has 0 atom stereocenters. The zero-order valence-electron chi connectivity index (χ0n) is 31.1. The third kappa shape index (κ3) is 4.09. The fourth-order valence-corrected chi connectivity index (χ4v) is 10.3. The zero-order chi connectivity index (χ0) is 37.2. The molecular formula is C53H36N2O. The van der Waals surface area contributed by atoms with Gasteiger partial charge in [0.15, 0.2) is 5.58 Å². The molecule has 1 heterocycles. The first-order valence-corrected chi connectivity index (χ1v) is 19.5. The Morgan fingerprint density at radius 1 is 0.411 bits per heavy atom. The van der Waals surface area contributed by atoms with Crippen LogP contribution in [0.4, 0.5) is 17.1 Å². The molecule has 0 saturated heterocycles. The Labute approximate surface area is 326 Å². The van der Waals surface area contributed by atoms with E-state index in [-0.39, 0.29) is 5.41 Å². The Balaban J connectivity index is 1.11. The lowest BCUT2D eigenvalue weighted by Gasteiger charge is -2.32. The van der Waals surface area contributed by atoms with Gasteiger partial charge >= 0.3 is 0 Å². The van der Waals surface area contributed by atoms with Crippen molar-refractivity contribution >= 4 is 28.2 Å². The van der Waals surface area contributed by atoms with Gasteiger partial charge in [-0.2, -0.15) is 0 Å². The standard InChI is InChI=1S/C53H36N2O/c1-52(2)43-20-10-6-16-37(43)41-27-24-34(30-47(41)52)55(36-26-29-50-49(32-36)54-51(56-50)33-14-4-3-5-15-33)35-25-28-42-40-19-9-13-23-46(40)53(48(42)31-35)44-21-11-7-17-38(44)39-18-8-12-22-45(39)53/h3-32H,1-2H3. The highest BCUT2D eigenvalue weighted by Crippen LogP contribution is 2.63. The van der Waals surface area contributed by atoms with Crippen LogP contribution in [-0.4, -0.2) is 4.98 Å². The summed E-state index contributed by atoms with van der Waals surface area (Å²) in [5.74, 6) is 0.622. The quantitative estimate of drug-likeness (QED) is 0.182. The minimum atomic E-state index is -0.441. The molecule has 3 aliphatic rings. The summed E-state index contributed by atoms with van der Waals surface area (Å²) in [7, 11) is 0. The summed E-state index contributed by atoms with van der Waals surface area (Å²) in [6, 6.07) is 66.6. The van der Waals surface area contributed by atoms with Gasteiger partial charge in [0.05, 0.1) is 5.41 Å². The van der Waals surface area contributed by atoms with E-state index in [1.807, 2.05) is 30.3 Å². The maximum atomic E-state index is 6.32. The predicted octanol–water partition coefficient (Wildman–Crippen LogP) is 13.6. The molecule has 1 spiro atoms. The molecule has 3 nitrogen and oxygen atoms in total. The predicted molar refractivity (Wildman–Crippen MR) is 228 cm³/mol. The number of fused-ring (bicyclic) bond motifs is 14. The summed E-state index contributed by atoms with van der Waals surface area (Å²) < 4.78 is 6.32. The van der Waals surface area contributed by atoms with Crippen LogP contribution in [0.3, 0.4) is 0 Å². The van der Waals surface area contributed by atoms with Gasteiger partial charge in [0.25, 0.3) is 0 Å². The highest BCUT2D eigenvalue weighted by Gasteiger charge is 2.51. The van der Waals surface area contributed by atoms with Crippen molar-refractivity contribution in [3.63, 3.8) is 0 Å². The minimum absolute atomic E-state index is 0.144. The first-order valence-electron chi connectivity index (χ1n) is 19.5. The second-order valence-electron chi connectivity index (χ2n) is 15.9. The SMILES string of the molecule is CC1(C)c2ccccc2-c2ccc(N(c3ccc4c(c3)C3(c5ccccc5-c5ccccc53)c3ccccc3-4)c3ccc4oc(-c5ccccc5)nc4c3)cc21. The molecular weight excluding hydrogens is 681 g/mol. The van der Waals surface area contributed by atoms with E-state index in [0.717, 1.165) is 33.7 Å². The van der Waals surface area contributed by atoms with Gasteiger partial charge in [-0.3, -0.25) is 0 Å². The molecule has 3 aliphatic carbocycles. The van der Waals surface area contributed by atoms with Crippen LogP contribution in [0.25, 0.3) is 55.9 Å². The van der Waals surface area contributed by atoms with Crippen molar-refractivity contribution in [2.75, 3.05) is 4.90 Å². The van der Waals surface area contributed by atoms with Crippen molar-refractivity contribution in [3.8, 4) is 44.8 Å². The number of benzene rings is 8. The lowest BCUT2D eigenvalue weighted by atomic mass is 9.70. The maximum absolute atomic E-state index is 6.32. The van der Waals surface area contributed by atoms with Crippen LogP contribution in [0, 0.1) is 0 Å². The van der Waals surface area contributed by atoms with Gasteiger partial charge in [-0.05, 0) is 121 Å². The van der Waals surface area contributed by atoms with E-state index < -0.39 is 5.41 Å². The Hall–Kier alpha value is -6.97. The Morgan fingerprint density at radius 2 is 0.857 bits per heavy atom. The van der Waals surface area contributed by atoms with Crippen LogP contribution in [0.5, 0.6) is 0 Å². The van der Waals surface area contributed by atoms with E-state index in [0.29, 0.717) is 5.89 Å². The van der Waals surface area contributed by atoms with Gasteiger partial charge in [-0.25, -0.2) is 4.98 Å². The average molecular weight is 717 g/mol. The Morgan fingerprint density at radius 3 is 1.46 bits per heavy atom. The van der Waals surface area contributed by atoms with Crippen molar-refractivity contribution < 1.29 is 4.42 Å². The van der Waals surface area contributed by atoms with Crippen LogP contribution >= 0.6 is 0 Å². The van der Waals surface area contributed by atoms with Crippen LogP contribution < -0.4 is 4.90 Å². The largest absolute Gasteiger partial charge is 0.436 e. The minimum Gasteiger partial charge on any atom is -0.436 e. The lowest BCUT2D eigenvalue weighted by molar-refractivity contribution is 0.620. The Bertz CT molecular complexity index is 3020. The molecule has 0 bridgehead atoms. The van der Waals surface area contributed by atoms with E-state index in [2.05, 4.69) is 170 Å². The number of nitrogens with zero attached hydrogens (tertiary/aromatic N) is 2. The van der Waals surface area contributed by atoms with Crippen LogP contribution in [0.2, 0.25) is 0 Å². The number of hydrogen-bond acceptors (Lipinski definition) is 3. The fraction of sp³-hybridized carbons (Fsp3) is 0.0755. The van der Waals surface area contributed by atoms with Gasteiger partial charge in [-0.15, -0.1) is 0 Å². The van der Waals surface area contributed by atoms with E-state index >= 15 is 0 Å². The van der Waals surface area contributed by atoms with Crippen LogP contribution in [0.1, 0.15) is 47.2 Å². The molecule has 264 valence electrons. The molecule has 0 radical (unpaired) electrons. The average Bonchev–Trinajstić information content (AvgIpc) is 3.96. The van der Waals surface area contributed by atoms with E-state index in [1.54, 1.807) is 0 Å². The molecule has 0 unspecified atom stereocenters. The first kappa shape index (κ1) is 31.4. The highest BCUT2D eigenvalue weighted by molar-refractivity contribution is 5.97. The number of aromatic nitrogens is 1. The molecule has 9 aromatic rings. The monoisotopic (exact) mass is 716 g/mol. The first-order chi connectivity index (χ1) is 27.5. The Kier molecular flexibility index (Phi) is 6.32. The van der Waals surface area contributed by atoms with Crippen molar-refractivity contribution in [1.82, 2.24) is 4.98 Å². The number of rotatable bonds is 4. The summed E-state index contributed by atoms with van der Waals surface area (Å²) in [4.78, 5) is 7.44. The molecule has 0 N–H and O–H groups in total. The summed E-state index contributed by atoms with van der Waals surface area (Å²) in [6.45, 7) is 4.70. The summed E-state index contributed by atoms with van der Waals surface area (Å²) >= 11 is 0. The third-order valence-corrected chi connectivity index (χ3v) is 12.7. The second-order valence-corrected chi connectivity index (χ2v) is 15.9. The van der Waals surface area contributed by atoms with Gasteiger partial charge in [0, 0.05) is 28.0 Å². The van der Waals surface area contributed by atoms with E-state index in [1.165, 1.54) is 66.8 Å². The van der Waals surface area contributed by atoms with Crippen LogP contribution in [0.15, 0.2) is 186 Å². The number of hydrogen-bond donors (Lipinski definition) is 0. The van der Waals surface area contributed by atoms with Crippen molar-refractivity contribution in [2.45, 2.75) is 24.7 Å². The molecule has 3 heteroatoms. The fourth-order valence-electron chi connectivity index (χ4n) is 10.3. The molecule has 0 aliphatic heterocycles. The lowest BCUT2D eigenvalue weighted by Crippen LogP contribution is -2.26. The van der Waals surface area contributed by atoms with Crippen molar-refractivity contribution in [2.24, 2.45) is 0 Å². The summed E-state index contributed by atoms with van der Waals surface area (Å²) in [5.41, 5.74) is 21.0.